The topological polar surface area (TPSA) is 62.5 Å². The SMILES string of the molecule is CCNC(=NCc1nc(C)c(C)o1)NCCc1ccc(F)cc1.I. The third kappa shape index (κ3) is 6.46. The van der Waals surface area contributed by atoms with Gasteiger partial charge in [0.2, 0.25) is 5.89 Å². The van der Waals surface area contributed by atoms with E-state index in [4.69, 9.17) is 4.42 Å². The Balaban J connectivity index is 0.00000288. The van der Waals surface area contributed by atoms with Crippen LogP contribution in [0.1, 0.15) is 29.8 Å². The van der Waals surface area contributed by atoms with Crippen molar-refractivity contribution in [2.24, 2.45) is 4.99 Å². The maximum Gasteiger partial charge on any atom is 0.216 e. The van der Waals surface area contributed by atoms with Gasteiger partial charge in [0.1, 0.15) is 18.1 Å². The number of aromatic nitrogens is 1. The lowest BCUT2D eigenvalue weighted by molar-refractivity contribution is 0.473. The number of guanidine groups is 1. The Bertz CT molecular complexity index is 636. The molecule has 0 aliphatic carbocycles. The van der Waals surface area contributed by atoms with E-state index >= 15 is 0 Å². The highest BCUT2D eigenvalue weighted by molar-refractivity contribution is 14.0. The Morgan fingerprint density at radius 3 is 2.50 bits per heavy atom. The first-order valence-corrected chi connectivity index (χ1v) is 7.78. The zero-order valence-electron chi connectivity index (χ0n) is 14.2. The quantitative estimate of drug-likeness (QED) is 0.406. The molecule has 1 aromatic heterocycles. The molecule has 0 amide bonds. The molecule has 0 saturated heterocycles. The molecule has 0 atom stereocenters. The molecule has 0 bridgehead atoms. The summed E-state index contributed by atoms with van der Waals surface area (Å²) in [7, 11) is 0. The van der Waals surface area contributed by atoms with E-state index in [9.17, 15) is 4.39 Å². The first-order valence-electron chi connectivity index (χ1n) is 7.78. The molecule has 2 N–H and O–H groups in total. The molecule has 24 heavy (non-hydrogen) atoms. The smallest absolute Gasteiger partial charge is 0.216 e. The molecule has 0 spiro atoms. The minimum atomic E-state index is -0.215. The molecule has 2 rings (SSSR count). The van der Waals surface area contributed by atoms with Crippen molar-refractivity contribution >= 4 is 29.9 Å². The van der Waals surface area contributed by atoms with Crippen LogP contribution in [0.4, 0.5) is 4.39 Å². The van der Waals surface area contributed by atoms with Gasteiger partial charge in [-0.25, -0.2) is 14.4 Å². The molecule has 0 aliphatic heterocycles. The lowest BCUT2D eigenvalue weighted by atomic mass is 10.1. The molecular formula is C17H24FIN4O. The number of aryl methyl sites for hydroxylation is 2. The zero-order valence-corrected chi connectivity index (χ0v) is 16.6. The summed E-state index contributed by atoms with van der Waals surface area (Å²) in [6.45, 7) is 7.68. The van der Waals surface area contributed by atoms with Crippen LogP contribution < -0.4 is 10.6 Å². The molecule has 1 heterocycles. The largest absolute Gasteiger partial charge is 0.444 e. The number of aliphatic imine (C=N–C) groups is 1. The highest BCUT2D eigenvalue weighted by Gasteiger charge is 2.05. The van der Waals surface area contributed by atoms with Crippen LogP contribution in [0.2, 0.25) is 0 Å². The number of hydrogen-bond donors (Lipinski definition) is 2. The highest BCUT2D eigenvalue weighted by atomic mass is 127. The highest BCUT2D eigenvalue weighted by Crippen LogP contribution is 2.08. The predicted molar refractivity (Wildman–Crippen MR) is 104 cm³/mol. The first kappa shape index (κ1) is 20.4. The fourth-order valence-corrected chi connectivity index (χ4v) is 2.07. The average Bonchev–Trinajstić information content (AvgIpc) is 2.85. The lowest BCUT2D eigenvalue weighted by Crippen LogP contribution is -2.38. The van der Waals surface area contributed by atoms with E-state index < -0.39 is 0 Å². The van der Waals surface area contributed by atoms with Gasteiger partial charge in [0, 0.05) is 13.1 Å². The Morgan fingerprint density at radius 2 is 1.92 bits per heavy atom. The lowest BCUT2D eigenvalue weighted by Gasteiger charge is -2.10. The van der Waals surface area contributed by atoms with E-state index in [0.717, 1.165) is 30.0 Å². The summed E-state index contributed by atoms with van der Waals surface area (Å²) in [5, 5.41) is 6.43. The number of rotatable bonds is 6. The van der Waals surface area contributed by atoms with Gasteiger partial charge in [0.15, 0.2) is 5.96 Å². The number of nitrogens with zero attached hydrogens (tertiary/aromatic N) is 2. The number of halogens is 2. The third-order valence-corrected chi connectivity index (χ3v) is 3.41. The molecule has 0 fully saturated rings. The van der Waals surface area contributed by atoms with Crippen LogP contribution in [0.5, 0.6) is 0 Å². The summed E-state index contributed by atoms with van der Waals surface area (Å²) < 4.78 is 18.4. The van der Waals surface area contributed by atoms with E-state index in [-0.39, 0.29) is 29.8 Å². The Kier molecular flexibility index (Phi) is 8.73. The van der Waals surface area contributed by atoms with E-state index in [2.05, 4.69) is 20.6 Å². The third-order valence-electron chi connectivity index (χ3n) is 3.41. The standard InChI is InChI=1S/C17H23FN4O.HI/c1-4-19-17(21-11-16-22-12(2)13(3)23-16)20-10-9-14-5-7-15(18)8-6-14;/h5-8H,4,9-11H2,1-3H3,(H2,19,20,21);1H. The van der Waals surface area contributed by atoms with E-state index in [1.165, 1.54) is 12.1 Å². The number of hydrogen-bond acceptors (Lipinski definition) is 3. The Labute approximate surface area is 159 Å². The van der Waals surface area contributed by atoms with Gasteiger partial charge in [0.05, 0.1) is 5.69 Å². The first-order chi connectivity index (χ1) is 11.1. The molecule has 0 radical (unpaired) electrons. The zero-order chi connectivity index (χ0) is 16.7. The van der Waals surface area contributed by atoms with Gasteiger partial charge in [-0.15, -0.1) is 24.0 Å². The van der Waals surface area contributed by atoms with Gasteiger partial charge in [0.25, 0.3) is 0 Å². The summed E-state index contributed by atoms with van der Waals surface area (Å²) in [5.41, 5.74) is 1.97. The van der Waals surface area contributed by atoms with Gasteiger partial charge in [-0.3, -0.25) is 0 Å². The van der Waals surface area contributed by atoms with Crippen LogP contribution in [-0.2, 0) is 13.0 Å². The van der Waals surface area contributed by atoms with Crippen molar-refractivity contribution < 1.29 is 8.81 Å². The maximum absolute atomic E-state index is 12.9. The fourth-order valence-electron chi connectivity index (χ4n) is 2.07. The predicted octanol–water partition coefficient (Wildman–Crippen LogP) is 3.35. The van der Waals surface area contributed by atoms with Gasteiger partial charge in [-0.2, -0.15) is 0 Å². The summed E-state index contributed by atoms with van der Waals surface area (Å²) in [6, 6.07) is 6.53. The molecule has 0 aliphatic rings. The molecular weight excluding hydrogens is 422 g/mol. The number of oxazole rings is 1. The van der Waals surface area contributed by atoms with Crippen LogP contribution in [0, 0.1) is 19.7 Å². The van der Waals surface area contributed by atoms with Crippen molar-refractivity contribution in [1.29, 1.82) is 0 Å². The second-order valence-corrected chi connectivity index (χ2v) is 5.25. The summed E-state index contributed by atoms with van der Waals surface area (Å²) in [5.74, 6) is 1.93. The second kappa shape index (κ2) is 10.3. The van der Waals surface area contributed by atoms with Gasteiger partial charge < -0.3 is 15.1 Å². The number of nitrogens with one attached hydrogen (secondary N) is 2. The van der Waals surface area contributed by atoms with Crippen LogP contribution in [-0.4, -0.2) is 24.0 Å². The molecule has 1 aromatic carbocycles. The summed E-state index contributed by atoms with van der Waals surface area (Å²) in [6.07, 6.45) is 0.794. The van der Waals surface area contributed by atoms with E-state index in [1.54, 1.807) is 12.1 Å². The molecule has 0 unspecified atom stereocenters. The monoisotopic (exact) mass is 446 g/mol. The van der Waals surface area contributed by atoms with Crippen LogP contribution in [0.3, 0.4) is 0 Å². The van der Waals surface area contributed by atoms with E-state index in [1.807, 2.05) is 20.8 Å². The molecule has 2 aromatic rings. The Morgan fingerprint density at radius 1 is 1.21 bits per heavy atom. The fraction of sp³-hybridized carbons (Fsp3) is 0.412. The van der Waals surface area contributed by atoms with Crippen molar-refractivity contribution in [2.45, 2.75) is 33.7 Å². The van der Waals surface area contributed by atoms with Gasteiger partial charge in [-0.05, 0) is 44.9 Å². The normalized spacial score (nSPS) is 11.1. The van der Waals surface area contributed by atoms with Crippen molar-refractivity contribution in [3.8, 4) is 0 Å². The molecule has 132 valence electrons. The summed E-state index contributed by atoms with van der Waals surface area (Å²) >= 11 is 0. The molecule has 7 heteroatoms. The Hall–Kier alpha value is -1.64. The second-order valence-electron chi connectivity index (χ2n) is 5.25. The van der Waals surface area contributed by atoms with Gasteiger partial charge in [-0.1, -0.05) is 12.1 Å². The van der Waals surface area contributed by atoms with Crippen LogP contribution >= 0.6 is 24.0 Å². The summed E-state index contributed by atoms with van der Waals surface area (Å²) in [4.78, 5) is 8.78. The molecule has 5 nitrogen and oxygen atoms in total. The van der Waals surface area contributed by atoms with Crippen LogP contribution in [0.15, 0.2) is 33.7 Å². The van der Waals surface area contributed by atoms with Crippen molar-refractivity contribution in [2.75, 3.05) is 13.1 Å². The maximum atomic E-state index is 12.9. The van der Waals surface area contributed by atoms with Crippen molar-refractivity contribution in [3.05, 3.63) is 53.0 Å². The minimum absolute atomic E-state index is 0. The van der Waals surface area contributed by atoms with Crippen molar-refractivity contribution in [3.63, 3.8) is 0 Å². The molecule has 0 saturated carbocycles. The average molecular weight is 446 g/mol. The van der Waals surface area contributed by atoms with E-state index in [0.29, 0.717) is 24.9 Å². The van der Waals surface area contributed by atoms with Gasteiger partial charge >= 0.3 is 0 Å². The minimum Gasteiger partial charge on any atom is -0.444 e. The van der Waals surface area contributed by atoms with Crippen LogP contribution in [0.25, 0.3) is 0 Å². The number of benzene rings is 1. The van der Waals surface area contributed by atoms with Crippen molar-refractivity contribution in [1.82, 2.24) is 15.6 Å².